The van der Waals surface area contributed by atoms with Gasteiger partial charge in [0.05, 0.1) is 30.3 Å². The van der Waals surface area contributed by atoms with Crippen molar-refractivity contribution in [2.75, 3.05) is 65.4 Å². The van der Waals surface area contributed by atoms with Crippen LogP contribution < -0.4 is 27.1 Å². The Hall–Kier alpha value is -1.48. The Morgan fingerprint density at radius 1 is 0.921 bits per heavy atom. The van der Waals surface area contributed by atoms with E-state index in [0.29, 0.717) is 38.5 Å². The normalized spacial score (nSPS) is 41.6. The molecule has 0 radical (unpaired) electrons. The number of piperazine rings is 1. The number of nitrogens with one attached hydrogen (secondary N) is 4. The van der Waals surface area contributed by atoms with Crippen molar-refractivity contribution in [3.8, 4) is 0 Å². The van der Waals surface area contributed by atoms with Crippen molar-refractivity contribution < 1.29 is 18.4 Å². The molecule has 6 N–H and O–H groups in total. The van der Waals surface area contributed by atoms with Gasteiger partial charge in [0.15, 0.2) is 0 Å². The molecule has 6 fully saturated rings. The molecule has 0 aromatic carbocycles. The van der Waals surface area contributed by atoms with Crippen LogP contribution in [0.3, 0.4) is 0 Å². The molecule has 8 atom stereocenters. The molecule has 2 amide bonds. The summed E-state index contributed by atoms with van der Waals surface area (Å²) in [7, 11) is 0. The molecule has 214 valence electrons. The first-order valence-electron chi connectivity index (χ1n) is 14.5. The lowest BCUT2D eigenvalue weighted by Gasteiger charge is -2.46. The molecule has 8 unspecified atom stereocenters. The highest BCUT2D eigenvalue weighted by Crippen LogP contribution is 2.29. The molecule has 6 aliphatic rings. The molecular formula is C25H43F2N9O2. The van der Waals surface area contributed by atoms with Crippen LogP contribution in [0.4, 0.5) is 8.78 Å². The van der Waals surface area contributed by atoms with Gasteiger partial charge in [-0.05, 0) is 45.3 Å². The van der Waals surface area contributed by atoms with Gasteiger partial charge in [-0.1, -0.05) is 0 Å². The number of rotatable bonds is 4. The van der Waals surface area contributed by atoms with Crippen LogP contribution in [0.5, 0.6) is 0 Å². The first kappa shape index (κ1) is 26.7. The number of amides is 2. The average Bonchev–Trinajstić information content (AvgIpc) is 3.51. The predicted octanol–water partition coefficient (Wildman–Crippen LogP) is -2.21. The second kappa shape index (κ2) is 11.2. The van der Waals surface area contributed by atoms with Gasteiger partial charge in [-0.2, -0.15) is 0 Å². The highest BCUT2D eigenvalue weighted by molar-refractivity contribution is 5.81. The van der Waals surface area contributed by atoms with Crippen LogP contribution in [0.1, 0.15) is 25.7 Å². The molecular weight excluding hydrogens is 496 g/mol. The smallest absolute Gasteiger partial charge is 0.229 e. The lowest BCUT2D eigenvalue weighted by molar-refractivity contribution is -0.140. The first-order chi connectivity index (χ1) is 18.4. The zero-order valence-corrected chi connectivity index (χ0v) is 22.0. The Bertz CT molecular complexity index is 878. The maximum atomic E-state index is 15.3. The van der Waals surface area contributed by atoms with E-state index in [1.165, 1.54) is 12.8 Å². The summed E-state index contributed by atoms with van der Waals surface area (Å²) in [6.45, 7) is 6.08. The van der Waals surface area contributed by atoms with Crippen LogP contribution in [0.25, 0.3) is 0 Å². The number of likely N-dealkylation sites (tertiary alicyclic amines) is 1. The van der Waals surface area contributed by atoms with Gasteiger partial charge in [-0.15, -0.1) is 0 Å². The van der Waals surface area contributed by atoms with E-state index in [-0.39, 0.29) is 37.4 Å². The number of hydrogen-bond donors (Lipinski definition) is 5. The number of carbonyl (C=O) groups excluding carboxylic acids is 2. The van der Waals surface area contributed by atoms with E-state index < -0.39 is 42.7 Å². The number of hydrazine groups is 1. The minimum absolute atomic E-state index is 0.0164. The molecule has 0 saturated carbocycles. The Balaban J connectivity index is 1.05. The third-order valence-corrected chi connectivity index (χ3v) is 9.64. The SMILES string of the molecule is NC1NN2CC(F)CNC2C1C(=O)NC1CNCC(F)C1N1CCC(C(=O)N2CCN3CCCC3C2)CC1. The van der Waals surface area contributed by atoms with Crippen LogP contribution in [-0.4, -0.2) is 140 Å². The highest BCUT2D eigenvalue weighted by Gasteiger charge is 2.49. The third-order valence-electron chi connectivity index (χ3n) is 9.64. The van der Waals surface area contributed by atoms with Gasteiger partial charge < -0.3 is 21.3 Å². The van der Waals surface area contributed by atoms with Crippen molar-refractivity contribution >= 4 is 11.8 Å². The number of halogens is 2. The third kappa shape index (κ3) is 5.18. The quantitative estimate of drug-likeness (QED) is 0.271. The van der Waals surface area contributed by atoms with Crippen molar-refractivity contribution in [1.29, 1.82) is 0 Å². The van der Waals surface area contributed by atoms with E-state index in [1.807, 2.05) is 0 Å². The summed E-state index contributed by atoms with van der Waals surface area (Å²) in [6, 6.07) is -0.376. The molecule has 13 heteroatoms. The molecule has 6 aliphatic heterocycles. The number of carbonyl (C=O) groups is 2. The largest absolute Gasteiger partial charge is 0.350 e. The van der Waals surface area contributed by atoms with Crippen molar-refractivity contribution in [3.63, 3.8) is 0 Å². The van der Waals surface area contributed by atoms with Crippen molar-refractivity contribution in [2.24, 2.45) is 17.6 Å². The zero-order chi connectivity index (χ0) is 26.4. The number of piperidine rings is 2. The minimum Gasteiger partial charge on any atom is -0.350 e. The molecule has 0 spiro atoms. The fourth-order valence-electron chi connectivity index (χ4n) is 7.64. The highest BCUT2D eigenvalue weighted by atomic mass is 19.1. The standard InChI is InChI=1S/C25H43F2N9O2/c26-16-10-30-23-20(22(28)32-36(23)13-16)24(37)31-19-12-29-11-18(27)21(19)34-6-3-15(4-7-34)25(38)35-9-8-33-5-1-2-17(33)14-35/h15-23,29-30,32H,1-14,28H2,(H,31,37). The zero-order valence-electron chi connectivity index (χ0n) is 22.0. The molecule has 11 nitrogen and oxygen atoms in total. The summed E-state index contributed by atoms with van der Waals surface area (Å²) in [5.41, 5.74) is 9.22. The molecule has 0 aromatic rings. The van der Waals surface area contributed by atoms with Crippen LogP contribution in [0, 0.1) is 11.8 Å². The predicted molar refractivity (Wildman–Crippen MR) is 137 cm³/mol. The maximum Gasteiger partial charge on any atom is 0.229 e. The van der Waals surface area contributed by atoms with E-state index in [1.54, 1.807) is 5.01 Å². The van der Waals surface area contributed by atoms with E-state index >= 15 is 4.39 Å². The molecule has 6 saturated heterocycles. The Kier molecular flexibility index (Phi) is 7.87. The lowest BCUT2D eigenvalue weighted by Crippen LogP contribution is -2.67. The van der Waals surface area contributed by atoms with E-state index in [9.17, 15) is 14.0 Å². The van der Waals surface area contributed by atoms with Gasteiger partial charge in [0.1, 0.15) is 12.3 Å². The van der Waals surface area contributed by atoms with Crippen molar-refractivity contribution in [1.82, 2.24) is 41.1 Å². The van der Waals surface area contributed by atoms with E-state index in [2.05, 4.69) is 36.1 Å². The average molecular weight is 540 g/mol. The van der Waals surface area contributed by atoms with E-state index in [0.717, 1.165) is 26.2 Å². The van der Waals surface area contributed by atoms with Crippen molar-refractivity contribution in [2.45, 2.75) is 68.5 Å². The maximum absolute atomic E-state index is 15.3. The van der Waals surface area contributed by atoms with Crippen LogP contribution in [0.2, 0.25) is 0 Å². The fraction of sp³-hybridized carbons (Fsp3) is 0.920. The van der Waals surface area contributed by atoms with E-state index in [4.69, 9.17) is 5.73 Å². The number of fused-ring (bicyclic) bond motifs is 2. The Morgan fingerprint density at radius 2 is 1.74 bits per heavy atom. The monoisotopic (exact) mass is 539 g/mol. The fourth-order valence-corrected chi connectivity index (χ4v) is 7.64. The molecule has 0 aliphatic carbocycles. The summed E-state index contributed by atoms with van der Waals surface area (Å²) in [6.07, 6.45) is 0.602. The molecule has 6 rings (SSSR count). The van der Waals surface area contributed by atoms with Gasteiger partial charge in [-0.25, -0.2) is 19.2 Å². The molecule has 0 bridgehead atoms. The van der Waals surface area contributed by atoms with Gasteiger partial charge in [0.25, 0.3) is 0 Å². The number of nitrogens with two attached hydrogens (primary N) is 1. The Labute approximate surface area is 223 Å². The summed E-state index contributed by atoms with van der Waals surface area (Å²) < 4.78 is 29.2. The number of alkyl halides is 2. The summed E-state index contributed by atoms with van der Waals surface area (Å²) in [5.74, 6) is -0.639. The van der Waals surface area contributed by atoms with Gasteiger partial charge in [0.2, 0.25) is 11.8 Å². The topological polar surface area (TPSA) is 121 Å². The van der Waals surface area contributed by atoms with Crippen molar-refractivity contribution in [3.05, 3.63) is 0 Å². The van der Waals surface area contributed by atoms with Crippen LogP contribution in [-0.2, 0) is 9.59 Å². The lowest BCUT2D eigenvalue weighted by atomic mass is 9.89. The minimum atomic E-state index is -1.14. The number of hydrogen-bond acceptors (Lipinski definition) is 9. The van der Waals surface area contributed by atoms with Crippen LogP contribution in [0.15, 0.2) is 0 Å². The second-order valence-electron chi connectivity index (χ2n) is 12.0. The summed E-state index contributed by atoms with van der Waals surface area (Å²) >= 11 is 0. The summed E-state index contributed by atoms with van der Waals surface area (Å²) in [5, 5.41) is 10.9. The van der Waals surface area contributed by atoms with Gasteiger partial charge in [-0.3, -0.25) is 24.7 Å². The Morgan fingerprint density at radius 3 is 2.55 bits per heavy atom. The molecule has 6 heterocycles. The van der Waals surface area contributed by atoms with Gasteiger partial charge >= 0.3 is 0 Å². The second-order valence-corrected chi connectivity index (χ2v) is 12.0. The molecule has 0 aromatic heterocycles. The van der Waals surface area contributed by atoms with Crippen LogP contribution >= 0.6 is 0 Å². The number of nitrogens with zero attached hydrogens (tertiary/aromatic N) is 4. The first-order valence-corrected chi connectivity index (χ1v) is 14.5. The summed E-state index contributed by atoms with van der Waals surface area (Å²) in [4.78, 5) is 33.4. The molecule has 38 heavy (non-hydrogen) atoms. The van der Waals surface area contributed by atoms with Gasteiger partial charge in [0, 0.05) is 57.8 Å².